The standard InChI is InChI=1S/C23H30N4O3/c1-30-21(17-7-3-2-4-8-17)22(28)25-20-11-14-24-27(20)19-12-15-26(16-13-19)23(29)18-9-5-6-10-18/h2-4,7-8,11,14,18-19,21H,5-6,9-10,12-13,15-16H2,1H3,(H,25,28)/t21-/m0/s1. The fourth-order valence-electron chi connectivity index (χ4n) is 4.68. The number of carbonyl (C=O) groups is 2. The van der Waals surface area contributed by atoms with Crippen molar-refractivity contribution < 1.29 is 14.3 Å². The predicted molar refractivity (Wildman–Crippen MR) is 114 cm³/mol. The molecule has 1 N–H and O–H groups in total. The van der Waals surface area contributed by atoms with Crippen molar-refractivity contribution in [2.24, 2.45) is 5.92 Å². The zero-order valence-electron chi connectivity index (χ0n) is 17.5. The average molecular weight is 411 g/mol. The highest BCUT2D eigenvalue weighted by molar-refractivity contribution is 5.94. The molecule has 1 atom stereocenters. The molecule has 2 aromatic rings. The van der Waals surface area contributed by atoms with Crippen LogP contribution >= 0.6 is 0 Å². The summed E-state index contributed by atoms with van der Waals surface area (Å²) in [5.74, 6) is 0.994. The summed E-state index contributed by atoms with van der Waals surface area (Å²) in [6, 6.07) is 11.4. The third-order valence-electron chi connectivity index (χ3n) is 6.32. The number of hydrogen-bond donors (Lipinski definition) is 1. The summed E-state index contributed by atoms with van der Waals surface area (Å²) in [6.45, 7) is 1.50. The summed E-state index contributed by atoms with van der Waals surface area (Å²) in [5, 5.41) is 7.43. The first-order chi connectivity index (χ1) is 14.7. The largest absolute Gasteiger partial charge is 0.367 e. The molecule has 7 heteroatoms. The summed E-state index contributed by atoms with van der Waals surface area (Å²) in [4.78, 5) is 27.5. The molecule has 1 saturated carbocycles. The minimum absolute atomic E-state index is 0.167. The molecule has 2 aliphatic rings. The van der Waals surface area contributed by atoms with Gasteiger partial charge in [-0.15, -0.1) is 0 Å². The number of piperidine rings is 1. The van der Waals surface area contributed by atoms with Crippen LogP contribution in [0, 0.1) is 5.92 Å². The lowest BCUT2D eigenvalue weighted by molar-refractivity contribution is -0.136. The molecule has 2 heterocycles. The lowest BCUT2D eigenvalue weighted by Gasteiger charge is -2.34. The number of carbonyl (C=O) groups excluding carboxylic acids is 2. The Morgan fingerprint density at radius 1 is 1.07 bits per heavy atom. The summed E-state index contributed by atoms with van der Waals surface area (Å²) >= 11 is 0. The Morgan fingerprint density at radius 2 is 1.77 bits per heavy atom. The van der Waals surface area contributed by atoms with Gasteiger partial charge in [-0.25, -0.2) is 4.68 Å². The van der Waals surface area contributed by atoms with Crippen LogP contribution in [-0.2, 0) is 14.3 Å². The highest BCUT2D eigenvalue weighted by Crippen LogP contribution is 2.31. The maximum absolute atomic E-state index is 12.8. The lowest BCUT2D eigenvalue weighted by Crippen LogP contribution is -2.42. The number of likely N-dealkylation sites (tertiary alicyclic amines) is 1. The van der Waals surface area contributed by atoms with E-state index in [9.17, 15) is 9.59 Å². The van der Waals surface area contributed by atoms with Crippen molar-refractivity contribution in [3.05, 3.63) is 48.2 Å². The molecule has 0 spiro atoms. The second-order valence-electron chi connectivity index (χ2n) is 8.21. The zero-order valence-corrected chi connectivity index (χ0v) is 17.5. The first-order valence-corrected chi connectivity index (χ1v) is 10.9. The van der Waals surface area contributed by atoms with Gasteiger partial charge in [-0.05, 0) is 31.2 Å². The molecule has 2 fully saturated rings. The number of amides is 2. The Hall–Kier alpha value is -2.67. The number of aromatic nitrogens is 2. The van der Waals surface area contributed by atoms with E-state index in [0.717, 1.165) is 44.3 Å². The van der Waals surface area contributed by atoms with Crippen LogP contribution in [0.5, 0.6) is 0 Å². The third-order valence-corrected chi connectivity index (χ3v) is 6.32. The first-order valence-electron chi connectivity index (χ1n) is 10.9. The van der Waals surface area contributed by atoms with Gasteiger partial charge in [0.2, 0.25) is 5.91 Å². The normalized spacial score (nSPS) is 19.0. The molecule has 1 aliphatic carbocycles. The Kier molecular flexibility index (Phi) is 6.47. The SMILES string of the molecule is CO[C@H](C(=O)Nc1ccnn1C1CCN(C(=O)C2CCCC2)CC1)c1ccccc1. The van der Waals surface area contributed by atoms with Crippen molar-refractivity contribution in [2.45, 2.75) is 50.7 Å². The topological polar surface area (TPSA) is 76.5 Å². The van der Waals surface area contributed by atoms with Gasteiger partial charge >= 0.3 is 0 Å². The number of anilines is 1. The molecule has 7 nitrogen and oxygen atoms in total. The van der Waals surface area contributed by atoms with Crippen LogP contribution in [0.15, 0.2) is 42.6 Å². The zero-order chi connectivity index (χ0) is 20.9. The second kappa shape index (κ2) is 9.43. The summed E-state index contributed by atoms with van der Waals surface area (Å²) in [5.41, 5.74) is 0.808. The van der Waals surface area contributed by atoms with Gasteiger partial charge in [0.25, 0.3) is 5.91 Å². The number of methoxy groups -OCH3 is 1. The summed E-state index contributed by atoms with van der Waals surface area (Å²) < 4.78 is 7.32. The van der Waals surface area contributed by atoms with E-state index in [1.807, 2.05) is 46.0 Å². The van der Waals surface area contributed by atoms with Gasteiger partial charge in [-0.2, -0.15) is 5.10 Å². The first kappa shape index (κ1) is 20.6. The second-order valence-corrected chi connectivity index (χ2v) is 8.21. The predicted octanol–water partition coefficient (Wildman–Crippen LogP) is 3.56. The molecule has 0 radical (unpaired) electrons. The van der Waals surface area contributed by atoms with Crippen LogP contribution in [0.2, 0.25) is 0 Å². The molecule has 4 rings (SSSR count). The molecular formula is C23H30N4O3. The van der Waals surface area contributed by atoms with Crippen molar-refractivity contribution in [1.29, 1.82) is 0 Å². The van der Waals surface area contributed by atoms with Crippen LogP contribution in [0.25, 0.3) is 0 Å². The van der Waals surface area contributed by atoms with Crippen molar-refractivity contribution >= 4 is 17.6 Å². The minimum atomic E-state index is -0.680. The van der Waals surface area contributed by atoms with E-state index in [1.54, 1.807) is 6.20 Å². The van der Waals surface area contributed by atoms with E-state index in [4.69, 9.17) is 4.74 Å². The Labute approximate surface area is 177 Å². The maximum atomic E-state index is 12.8. The van der Waals surface area contributed by atoms with Gasteiger partial charge in [0, 0.05) is 32.2 Å². The third kappa shape index (κ3) is 4.41. The van der Waals surface area contributed by atoms with Crippen molar-refractivity contribution in [2.75, 3.05) is 25.5 Å². The Bertz CT molecular complexity index is 852. The number of nitrogens with one attached hydrogen (secondary N) is 1. The van der Waals surface area contributed by atoms with Crippen LogP contribution < -0.4 is 5.32 Å². The Balaban J connectivity index is 1.38. The van der Waals surface area contributed by atoms with Crippen LogP contribution in [0.1, 0.15) is 56.2 Å². The molecule has 1 aromatic carbocycles. The molecule has 1 saturated heterocycles. The molecule has 1 aromatic heterocycles. The monoisotopic (exact) mass is 410 g/mol. The maximum Gasteiger partial charge on any atom is 0.259 e. The summed E-state index contributed by atoms with van der Waals surface area (Å²) in [7, 11) is 1.53. The van der Waals surface area contributed by atoms with Crippen LogP contribution in [0.4, 0.5) is 5.82 Å². The number of benzene rings is 1. The fourth-order valence-corrected chi connectivity index (χ4v) is 4.68. The van der Waals surface area contributed by atoms with Crippen LogP contribution in [-0.4, -0.2) is 46.7 Å². The molecule has 2 amide bonds. The highest BCUT2D eigenvalue weighted by atomic mass is 16.5. The molecule has 160 valence electrons. The molecule has 1 aliphatic heterocycles. The number of rotatable bonds is 6. The number of ether oxygens (including phenoxy) is 1. The van der Waals surface area contributed by atoms with Gasteiger partial charge in [-0.3, -0.25) is 9.59 Å². The van der Waals surface area contributed by atoms with Gasteiger partial charge in [0.1, 0.15) is 5.82 Å². The van der Waals surface area contributed by atoms with E-state index in [-0.39, 0.29) is 17.9 Å². The fraction of sp³-hybridized carbons (Fsp3) is 0.522. The van der Waals surface area contributed by atoms with Crippen molar-refractivity contribution in [1.82, 2.24) is 14.7 Å². The van der Waals surface area contributed by atoms with Gasteiger partial charge < -0.3 is 15.0 Å². The van der Waals surface area contributed by atoms with Gasteiger partial charge in [0.15, 0.2) is 6.10 Å². The van der Waals surface area contributed by atoms with Gasteiger partial charge in [0.05, 0.1) is 12.2 Å². The van der Waals surface area contributed by atoms with E-state index in [1.165, 1.54) is 20.0 Å². The Morgan fingerprint density at radius 3 is 2.43 bits per heavy atom. The van der Waals surface area contributed by atoms with Crippen molar-refractivity contribution in [3.8, 4) is 0 Å². The van der Waals surface area contributed by atoms with E-state index in [0.29, 0.717) is 11.7 Å². The lowest BCUT2D eigenvalue weighted by atomic mass is 10.0. The smallest absolute Gasteiger partial charge is 0.259 e. The number of nitrogens with zero attached hydrogens (tertiary/aromatic N) is 3. The molecular weight excluding hydrogens is 380 g/mol. The average Bonchev–Trinajstić information content (AvgIpc) is 3.47. The van der Waals surface area contributed by atoms with Gasteiger partial charge in [-0.1, -0.05) is 43.2 Å². The minimum Gasteiger partial charge on any atom is -0.367 e. The van der Waals surface area contributed by atoms with Crippen LogP contribution in [0.3, 0.4) is 0 Å². The molecule has 30 heavy (non-hydrogen) atoms. The van der Waals surface area contributed by atoms with E-state index < -0.39 is 6.10 Å². The summed E-state index contributed by atoms with van der Waals surface area (Å²) in [6.07, 6.45) is 7.14. The molecule has 0 unspecified atom stereocenters. The highest BCUT2D eigenvalue weighted by Gasteiger charge is 2.31. The van der Waals surface area contributed by atoms with E-state index >= 15 is 0 Å². The number of hydrogen-bond acceptors (Lipinski definition) is 4. The molecule has 0 bridgehead atoms. The van der Waals surface area contributed by atoms with E-state index in [2.05, 4.69) is 10.4 Å². The quantitative estimate of drug-likeness (QED) is 0.790. The van der Waals surface area contributed by atoms with Crippen molar-refractivity contribution in [3.63, 3.8) is 0 Å².